The summed E-state index contributed by atoms with van der Waals surface area (Å²) in [6, 6.07) is 0. The molecule has 0 aromatic carbocycles. The monoisotopic (exact) mass is 440 g/mol. The van der Waals surface area contributed by atoms with Crippen molar-refractivity contribution in [1.29, 1.82) is 0 Å². The highest BCUT2D eigenvalue weighted by molar-refractivity contribution is 7.80. The maximum Gasteiger partial charge on any atom is 0.510 e. The van der Waals surface area contributed by atoms with Crippen LogP contribution in [0.2, 0.25) is 0 Å². The molecule has 2 unspecified atom stereocenters. The van der Waals surface area contributed by atoms with Crippen molar-refractivity contribution in [3.8, 4) is 0 Å². The lowest BCUT2D eigenvalue weighted by Gasteiger charge is -2.29. The van der Waals surface area contributed by atoms with E-state index in [2.05, 4.69) is 25.3 Å². The molecule has 0 spiro atoms. The van der Waals surface area contributed by atoms with Gasteiger partial charge < -0.3 is 28.4 Å². The van der Waals surface area contributed by atoms with Crippen molar-refractivity contribution in [3.63, 3.8) is 0 Å². The van der Waals surface area contributed by atoms with E-state index in [1.807, 2.05) is 0 Å². The summed E-state index contributed by atoms with van der Waals surface area (Å²) in [5, 5.41) is 0. The molecule has 1 aliphatic carbocycles. The van der Waals surface area contributed by atoms with Gasteiger partial charge in [0.15, 0.2) is 0 Å². The zero-order valence-electron chi connectivity index (χ0n) is 16.5. The highest BCUT2D eigenvalue weighted by Gasteiger charge is 2.24. The second-order valence-corrected chi connectivity index (χ2v) is 7.46. The summed E-state index contributed by atoms with van der Waals surface area (Å²) in [5.74, 6) is 1.73. The third-order valence-corrected chi connectivity index (χ3v) is 4.61. The first kappa shape index (κ1) is 25.2. The lowest BCUT2D eigenvalue weighted by Crippen LogP contribution is -2.27. The Morgan fingerprint density at radius 2 is 1.14 bits per heavy atom. The van der Waals surface area contributed by atoms with Gasteiger partial charge in [0.2, 0.25) is 12.6 Å². The highest BCUT2D eigenvalue weighted by Crippen LogP contribution is 2.29. The molecule has 0 saturated heterocycles. The molecule has 0 radical (unpaired) electrons. The molecule has 164 valence electrons. The van der Waals surface area contributed by atoms with Crippen molar-refractivity contribution < 1.29 is 38.0 Å². The largest absolute Gasteiger partial charge is 0.510 e. The van der Waals surface area contributed by atoms with E-state index in [1.54, 1.807) is 13.8 Å². The van der Waals surface area contributed by atoms with E-state index in [0.29, 0.717) is 36.6 Å². The second-order valence-electron chi connectivity index (χ2n) is 6.57. The lowest BCUT2D eigenvalue weighted by atomic mass is 9.83. The fraction of sp³-hybridized carbons (Fsp3) is 0.889. The molecular weight excluding hydrogens is 408 g/mol. The summed E-state index contributed by atoms with van der Waals surface area (Å²) in [6.07, 6.45) is 1.24. The van der Waals surface area contributed by atoms with Gasteiger partial charge in [-0.15, -0.1) is 0 Å². The number of ether oxygens (including phenoxy) is 6. The molecule has 0 N–H and O–H groups in total. The predicted octanol–water partition coefficient (Wildman–Crippen LogP) is 3.68. The Labute approximate surface area is 177 Å². The molecule has 0 amide bonds. The van der Waals surface area contributed by atoms with Crippen molar-refractivity contribution >= 4 is 37.6 Å². The summed E-state index contributed by atoms with van der Waals surface area (Å²) in [6.45, 7) is 4.83. The van der Waals surface area contributed by atoms with E-state index >= 15 is 0 Å². The number of carbonyl (C=O) groups is 2. The first-order valence-corrected chi connectivity index (χ1v) is 10.8. The third-order valence-electron chi connectivity index (χ3n) is 4.25. The van der Waals surface area contributed by atoms with Crippen LogP contribution in [0.4, 0.5) is 9.59 Å². The Bertz CT molecular complexity index is 403. The van der Waals surface area contributed by atoms with Gasteiger partial charge >= 0.3 is 12.3 Å². The van der Waals surface area contributed by atoms with Gasteiger partial charge in [-0.25, -0.2) is 9.59 Å². The number of thiol groups is 2. The van der Waals surface area contributed by atoms with Gasteiger partial charge in [0, 0.05) is 11.5 Å². The molecule has 1 rings (SSSR count). The molecule has 0 bridgehead atoms. The Morgan fingerprint density at radius 1 is 0.786 bits per heavy atom. The zero-order valence-corrected chi connectivity index (χ0v) is 18.3. The molecular formula is C18H32O8S2. The Hall–Kier alpha value is -0.840. The molecule has 28 heavy (non-hydrogen) atoms. The lowest BCUT2D eigenvalue weighted by molar-refractivity contribution is -0.129. The molecule has 1 fully saturated rings. The SMILES string of the molecule is CC(OCC1CCC(COC(C)OC(=O)OCCS)CC1)OC(=O)OCCS. The van der Waals surface area contributed by atoms with Gasteiger partial charge in [-0.05, 0) is 51.4 Å². The average molecular weight is 441 g/mol. The number of hydrogen-bond donors (Lipinski definition) is 2. The van der Waals surface area contributed by atoms with Crippen LogP contribution in [0, 0.1) is 11.8 Å². The quantitative estimate of drug-likeness (QED) is 0.270. The molecule has 0 heterocycles. The van der Waals surface area contributed by atoms with Crippen LogP contribution in [-0.2, 0) is 28.4 Å². The van der Waals surface area contributed by atoms with Crippen LogP contribution >= 0.6 is 25.3 Å². The van der Waals surface area contributed by atoms with Crippen LogP contribution in [-0.4, -0.2) is 62.8 Å². The van der Waals surface area contributed by atoms with Gasteiger partial charge in [0.25, 0.3) is 0 Å². The van der Waals surface area contributed by atoms with E-state index in [4.69, 9.17) is 28.4 Å². The molecule has 1 saturated carbocycles. The second kappa shape index (κ2) is 15.1. The molecule has 1 aliphatic rings. The Kier molecular flexibility index (Phi) is 13.6. The van der Waals surface area contributed by atoms with E-state index < -0.39 is 24.9 Å². The van der Waals surface area contributed by atoms with Crippen LogP contribution < -0.4 is 0 Å². The van der Waals surface area contributed by atoms with E-state index in [-0.39, 0.29) is 13.2 Å². The maximum atomic E-state index is 11.3. The van der Waals surface area contributed by atoms with E-state index in [9.17, 15) is 9.59 Å². The molecule has 8 nitrogen and oxygen atoms in total. The molecule has 10 heteroatoms. The van der Waals surface area contributed by atoms with Crippen LogP contribution in [0.25, 0.3) is 0 Å². The minimum atomic E-state index is -0.742. The highest BCUT2D eigenvalue weighted by atomic mass is 32.1. The topological polar surface area (TPSA) is 89.5 Å². The van der Waals surface area contributed by atoms with Crippen molar-refractivity contribution in [1.82, 2.24) is 0 Å². The Balaban J connectivity index is 2.11. The standard InChI is InChI=1S/C18H32O8S2/c1-13(25-17(19)21-7-9-27)23-11-15-3-5-16(6-4-15)12-24-14(2)26-18(20)22-8-10-28/h13-16,27-28H,3-12H2,1-2H3. The summed E-state index contributed by atoms with van der Waals surface area (Å²) >= 11 is 7.91. The van der Waals surface area contributed by atoms with Crippen LogP contribution in [0.3, 0.4) is 0 Å². The van der Waals surface area contributed by atoms with Gasteiger partial charge in [-0.3, -0.25) is 0 Å². The van der Waals surface area contributed by atoms with Crippen LogP contribution in [0.1, 0.15) is 39.5 Å². The van der Waals surface area contributed by atoms with Crippen LogP contribution in [0.15, 0.2) is 0 Å². The van der Waals surface area contributed by atoms with Crippen molar-refractivity contribution in [2.45, 2.75) is 52.1 Å². The summed E-state index contributed by atoms with van der Waals surface area (Å²) in [5.41, 5.74) is 0. The van der Waals surface area contributed by atoms with E-state index in [1.165, 1.54) is 0 Å². The summed E-state index contributed by atoms with van der Waals surface area (Å²) in [4.78, 5) is 22.7. The van der Waals surface area contributed by atoms with Crippen LogP contribution in [0.5, 0.6) is 0 Å². The van der Waals surface area contributed by atoms with Gasteiger partial charge in [0.05, 0.1) is 13.2 Å². The molecule has 0 aromatic heterocycles. The van der Waals surface area contributed by atoms with Gasteiger partial charge in [-0.1, -0.05) is 0 Å². The summed E-state index contributed by atoms with van der Waals surface area (Å²) < 4.78 is 30.7. The zero-order chi connectivity index (χ0) is 20.8. The van der Waals surface area contributed by atoms with Crippen molar-refractivity contribution in [3.05, 3.63) is 0 Å². The summed E-state index contributed by atoms with van der Waals surface area (Å²) in [7, 11) is 0. The third kappa shape index (κ3) is 11.9. The van der Waals surface area contributed by atoms with Crippen molar-refractivity contribution in [2.75, 3.05) is 37.9 Å². The van der Waals surface area contributed by atoms with Gasteiger partial charge in [0.1, 0.15) is 13.2 Å². The first-order valence-electron chi connectivity index (χ1n) is 9.56. The average Bonchev–Trinajstić information content (AvgIpc) is 2.68. The number of rotatable bonds is 12. The van der Waals surface area contributed by atoms with E-state index in [0.717, 1.165) is 25.7 Å². The maximum absolute atomic E-state index is 11.3. The molecule has 0 aromatic rings. The number of carbonyl (C=O) groups excluding carboxylic acids is 2. The normalized spacial score (nSPS) is 21.4. The minimum Gasteiger partial charge on any atom is -0.433 e. The first-order chi connectivity index (χ1) is 13.4. The number of hydrogen-bond acceptors (Lipinski definition) is 10. The van der Waals surface area contributed by atoms with Gasteiger partial charge in [-0.2, -0.15) is 25.3 Å². The smallest absolute Gasteiger partial charge is 0.433 e. The Morgan fingerprint density at radius 3 is 1.46 bits per heavy atom. The fourth-order valence-electron chi connectivity index (χ4n) is 2.77. The molecule has 2 atom stereocenters. The predicted molar refractivity (Wildman–Crippen MR) is 109 cm³/mol. The minimum absolute atomic E-state index is 0.210. The molecule has 0 aliphatic heterocycles. The fourth-order valence-corrected chi connectivity index (χ4v) is 2.96. The van der Waals surface area contributed by atoms with Crippen molar-refractivity contribution in [2.24, 2.45) is 11.8 Å².